The molecule has 2 aliphatic heterocycles. The molecule has 0 unspecified atom stereocenters. The zero-order valence-electron chi connectivity index (χ0n) is 20.4. The first-order valence-electron chi connectivity index (χ1n) is 11.8. The third kappa shape index (κ3) is 5.37. The number of rotatable bonds is 5. The highest BCUT2D eigenvalue weighted by molar-refractivity contribution is 7.19. The van der Waals surface area contributed by atoms with Crippen molar-refractivity contribution >= 4 is 51.6 Å². The number of piperazine rings is 1. The van der Waals surface area contributed by atoms with Crippen molar-refractivity contribution in [1.29, 1.82) is 0 Å². The summed E-state index contributed by atoms with van der Waals surface area (Å²) in [6.45, 7) is 10.1. The van der Waals surface area contributed by atoms with Crippen LogP contribution >= 0.6 is 23.7 Å². The van der Waals surface area contributed by atoms with Crippen molar-refractivity contribution < 1.29 is 14.6 Å². The van der Waals surface area contributed by atoms with Crippen molar-refractivity contribution in [2.24, 2.45) is 0 Å². The number of nitrogens with two attached hydrogens (primary N) is 1. The minimum atomic E-state index is -0.954. The summed E-state index contributed by atoms with van der Waals surface area (Å²) >= 11 is 1.74. The summed E-state index contributed by atoms with van der Waals surface area (Å²) in [6.07, 6.45) is 2.36. The van der Waals surface area contributed by atoms with E-state index in [9.17, 15) is 9.90 Å². The molecule has 0 bridgehead atoms. The molecule has 0 aliphatic carbocycles. The van der Waals surface area contributed by atoms with Crippen LogP contribution in [-0.2, 0) is 16.1 Å². The largest absolute Gasteiger partial charge is 0.384 e. The number of carbonyl (C=O) groups is 1. The van der Waals surface area contributed by atoms with Crippen LogP contribution in [0.25, 0.3) is 21.6 Å². The van der Waals surface area contributed by atoms with Crippen LogP contribution in [0.4, 0.5) is 11.8 Å². The van der Waals surface area contributed by atoms with E-state index in [2.05, 4.69) is 26.7 Å². The van der Waals surface area contributed by atoms with E-state index >= 15 is 0 Å². The Labute approximate surface area is 219 Å². The second-order valence-corrected chi connectivity index (χ2v) is 10.0. The van der Waals surface area contributed by atoms with Crippen LogP contribution in [0.5, 0.6) is 0 Å². The Kier molecular flexibility index (Phi) is 8.20. The number of aliphatic hydroxyl groups excluding tert-OH is 1. The van der Waals surface area contributed by atoms with Gasteiger partial charge in [0.05, 0.1) is 29.0 Å². The van der Waals surface area contributed by atoms with E-state index in [4.69, 9.17) is 20.4 Å². The van der Waals surface area contributed by atoms with E-state index in [0.29, 0.717) is 32.1 Å². The molecule has 3 aromatic rings. The van der Waals surface area contributed by atoms with Crippen molar-refractivity contribution in [3.05, 3.63) is 22.8 Å². The molecule has 1 atom stereocenters. The van der Waals surface area contributed by atoms with Gasteiger partial charge in [0, 0.05) is 63.1 Å². The summed E-state index contributed by atoms with van der Waals surface area (Å²) in [6, 6.07) is 0. The van der Waals surface area contributed by atoms with E-state index in [1.807, 2.05) is 0 Å². The number of amides is 1. The first-order valence-corrected chi connectivity index (χ1v) is 12.6. The van der Waals surface area contributed by atoms with Gasteiger partial charge in [-0.05, 0) is 19.4 Å². The van der Waals surface area contributed by atoms with Crippen LogP contribution in [-0.4, -0.2) is 99.3 Å². The SMILES string of the molecule is Cc1c(CN2CCN(C(=O)[C@H](C)O)CC2)sc2c(N3CCOCC3)nc(-c3cnc(N)nc3)nc12.Cl. The van der Waals surface area contributed by atoms with Crippen LogP contribution in [0.3, 0.4) is 0 Å². The molecule has 1 amide bonds. The molecule has 2 fully saturated rings. The number of ether oxygens (including phenoxy) is 1. The van der Waals surface area contributed by atoms with Gasteiger partial charge in [-0.25, -0.2) is 19.9 Å². The molecule has 13 heteroatoms. The van der Waals surface area contributed by atoms with Crippen molar-refractivity contribution in [2.45, 2.75) is 26.5 Å². The number of fused-ring (bicyclic) bond motifs is 1. The predicted molar refractivity (Wildman–Crippen MR) is 141 cm³/mol. The highest BCUT2D eigenvalue weighted by Crippen LogP contribution is 2.38. The van der Waals surface area contributed by atoms with Crippen molar-refractivity contribution in [2.75, 3.05) is 63.1 Å². The number of aliphatic hydroxyl groups is 1. The lowest BCUT2D eigenvalue weighted by molar-refractivity contribution is -0.141. The van der Waals surface area contributed by atoms with Crippen LogP contribution < -0.4 is 10.6 Å². The maximum absolute atomic E-state index is 12.1. The van der Waals surface area contributed by atoms with E-state index in [0.717, 1.165) is 59.9 Å². The third-order valence-electron chi connectivity index (χ3n) is 6.50. The number of anilines is 2. The Morgan fingerprint density at radius 3 is 2.44 bits per heavy atom. The lowest BCUT2D eigenvalue weighted by atomic mass is 10.2. The molecular formula is C23H31ClN8O3S. The van der Waals surface area contributed by atoms with Crippen LogP contribution in [0.1, 0.15) is 17.4 Å². The van der Waals surface area contributed by atoms with Gasteiger partial charge in [-0.15, -0.1) is 23.7 Å². The molecule has 3 N–H and O–H groups in total. The second-order valence-electron chi connectivity index (χ2n) is 8.91. The number of aryl methyl sites for hydroxylation is 1. The zero-order valence-corrected chi connectivity index (χ0v) is 22.0. The van der Waals surface area contributed by atoms with Crippen LogP contribution in [0, 0.1) is 6.92 Å². The molecule has 3 aromatic heterocycles. The van der Waals surface area contributed by atoms with E-state index in [1.165, 1.54) is 11.8 Å². The maximum Gasteiger partial charge on any atom is 0.251 e. The zero-order chi connectivity index (χ0) is 24.5. The van der Waals surface area contributed by atoms with Gasteiger partial charge in [0.2, 0.25) is 5.95 Å². The Balaban J connectivity index is 0.00000304. The van der Waals surface area contributed by atoms with Gasteiger partial charge in [-0.3, -0.25) is 9.69 Å². The van der Waals surface area contributed by atoms with E-state index in [-0.39, 0.29) is 24.3 Å². The molecular weight excluding hydrogens is 504 g/mol. The Morgan fingerprint density at radius 1 is 1.14 bits per heavy atom. The monoisotopic (exact) mass is 534 g/mol. The fraction of sp³-hybridized carbons (Fsp3) is 0.522. The molecule has 2 aliphatic rings. The van der Waals surface area contributed by atoms with Crippen LogP contribution in [0.15, 0.2) is 12.4 Å². The summed E-state index contributed by atoms with van der Waals surface area (Å²) < 4.78 is 6.64. The molecule has 0 radical (unpaired) electrons. The average molecular weight is 535 g/mol. The van der Waals surface area contributed by atoms with Crippen molar-refractivity contribution in [1.82, 2.24) is 29.7 Å². The minimum Gasteiger partial charge on any atom is -0.384 e. The van der Waals surface area contributed by atoms with Gasteiger partial charge >= 0.3 is 0 Å². The van der Waals surface area contributed by atoms with Gasteiger partial charge in [0.25, 0.3) is 5.91 Å². The summed E-state index contributed by atoms with van der Waals surface area (Å²) in [5.74, 6) is 1.51. The fourth-order valence-corrected chi connectivity index (χ4v) is 5.74. The number of nitrogen functional groups attached to an aromatic ring is 1. The Morgan fingerprint density at radius 2 is 1.81 bits per heavy atom. The first kappa shape index (κ1) is 26.4. The molecule has 2 saturated heterocycles. The number of thiophene rings is 1. The standard InChI is InChI=1S/C23H30N8O3S.ClH/c1-14-17(13-29-3-5-31(6-4-29)22(33)15(2)32)35-19-18(14)27-20(16-11-25-23(24)26-12-16)28-21(19)30-7-9-34-10-8-30;/h11-12,15,32H,3-10,13H2,1-2H3,(H2,24,25,26);1H/t15-;/m0./s1. The molecule has 0 aromatic carbocycles. The lowest BCUT2D eigenvalue weighted by Gasteiger charge is -2.35. The topological polar surface area (TPSA) is 134 Å². The Bertz CT molecular complexity index is 1210. The van der Waals surface area contributed by atoms with Gasteiger partial charge in [0.15, 0.2) is 11.6 Å². The van der Waals surface area contributed by atoms with Crippen molar-refractivity contribution in [3.63, 3.8) is 0 Å². The number of hydrogen-bond acceptors (Lipinski definition) is 11. The third-order valence-corrected chi connectivity index (χ3v) is 7.76. The smallest absolute Gasteiger partial charge is 0.251 e. The molecule has 36 heavy (non-hydrogen) atoms. The molecule has 0 saturated carbocycles. The number of halogens is 1. The summed E-state index contributed by atoms with van der Waals surface area (Å²) in [5.41, 5.74) is 8.48. The number of hydrogen-bond donors (Lipinski definition) is 2. The molecule has 0 spiro atoms. The van der Waals surface area contributed by atoms with Crippen molar-refractivity contribution in [3.8, 4) is 11.4 Å². The van der Waals surface area contributed by atoms with Gasteiger partial charge in [-0.2, -0.15) is 0 Å². The van der Waals surface area contributed by atoms with Gasteiger partial charge < -0.3 is 25.4 Å². The molecule has 11 nitrogen and oxygen atoms in total. The lowest BCUT2D eigenvalue weighted by Crippen LogP contribution is -2.50. The van der Waals surface area contributed by atoms with Crippen LogP contribution in [0.2, 0.25) is 0 Å². The van der Waals surface area contributed by atoms with Gasteiger partial charge in [-0.1, -0.05) is 0 Å². The first-order chi connectivity index (χ1) is 16.9. The quantitative estimate of drug-likeness (QED) is 0.493. The van der Waals surface area contributed by atoms with Gasteiger partial charge in [0.1, 0.15) is 6.10 Å². The fourth-order valence-electron chi connectivity index (χ4n) is 4.44. The molecule has 5 heterocycles. The molecule has 5 rings (SSSR count). The summed E-state index contributed by atoms with van der Waals surface area (Å²) in [5, 5.41) is 9.60. The highest BCUT2D eigenvalue weighted by Gasteiger charge is 2.26. The normalized spacial score (nSPS) is 17.8. The van der Waals surface area contributed by atoms with E-state index in [1.54, 1.807) is 28.6 Å². The highest BCUT2D eigenvalue weighted by atomic mass is 35.5. The summed E-state index contributed by atoms with van der Waals surface area (Å²) in [4.78, 5) is 37.8. The number of carbonyl (C=O) groups excluding carboxylic acids is 1. The second kappa shape index (κ2) is 11.2. The van der Waals surface area contributed by atoms with E-state index < -0.39 is 6.10 Å². The summed E-state index contributed by atoms with van der Waals surface area (Å²) in [7, 11) is 0. The predicted octanol–water partition coefficient (Wildman–Crippen LogP) is 1.32. The maximum atomic E-state index is 12.1. The number of morpholine rings is 1. The number of aromatic nitrogens is 4. The Hall–Kier alpha value is -2.64. The minimum absolute atomic E-state index is 0. The number of nitrogens with zero attached hydrogens (tertiary/aromatic N) is 7. The molecule has 194 valence electrons. The average Bonchev–Trinajstić information content (AvgIpc) is 3.19.